The van der Waals surface area contributed by atoms with E-state index in [2.05, 4.69) is 0 Å². The summed E-state index contributed by atoms with van der Waals surface area (Å²) in [7, 11) is 5.53. The summed E-state index contributed by atoms with van der Waals surface area (Å²) in [5, 5.41) is 0. The third-order valence-electron chi connectivity index (χ3n) is 5.35. The summed E-state index contributed by atoms with van der Waals surface area (Å²) in [4.78, 5) is 28.8. The second-order valence-electron chi connectivity index (χ2n) is 7.56. The molecule has 29 heavy (non-hydrogen) atoms. The number of hydrogen-bond acceptors (Lipinski definition) is 5. The van der Waals surface area contributed by atoms with Crippen molar-refractivity contribution >= 4 is 17.7 Å². The molecular formula is C23H28N2O4. The monoisotopic (exact) mass is 396 g/mol. The fourth-order valence-corrected chi connectivity index (χ4v) is 3.71. The highest BCUT2D eigenvalue weighted by Crippen LogP contribution is 2.30. The fourth-order valence-electron chi connectivity index (χ4n) is 3.71. The quantitative estimate of drug-likeness (QED) is 0.715. The van der Waals surface area contributed by atoms with Crippen LogP contribution < -0.4 is 4.90 Å². The van der Waals surface area contributed by atoms with Gasteiger partial charge in [0.15, 0.2) is 0 Å². The molecule has 0 bridgehead atoms. The van der Waals surface area contributed by atoms with Gasteiger partial charge in [0, 0.05) is 26.9 Å². The van der Waals surface area contributed by atoms with Gasteiger partial charge in [0.1, 0.15) is 6.61 Å². The molecule has 0 N–H and O–H groups in total. The van der Waals surface area contributed by atoms with Gasteiger partial charge in [0.2, 0.25) is 5.91 Å². The van der Waals surface area contributed by atoms with Crippen molar-refractivity contribution < 1.29 is 19.1 Å². The van der Waals surface area contributed by atoms with Crippen LogP contribution >= 0.6 is 0 Å². The predicted octanol–water partition coefficient (Wildman–Crippen LogP) is 3.67. The summed E-state index contributed by atoms with van der Waals surface area (Å²) < 4.78 is 10.9. The summed E-state index contributed by atoms with van der Waals surface area (Å²) >= 11 is 0. The Bertz CT molecular complexity index is 836. The van der Waals surface area contributed by atoms with Crippen LogP contribution in [0.1, 0.15) is 24.2 Å². The van der Waals surface area contributed by atoms with E-state index < -0.39 is 18.1 Å². The zero-order valence-electron chi connectivity index (χ0n) is 17.4. The molecular weight excluding hydrogens is 368 g/mol. The highest BCUT2D eigenvalue weighted by Gasteiger charge is 2.41. The smallest absolute Gasteiger partial charge is 0.416 e. The van der Waals surface area contributed by atoms with Crippen LogP contribution in [0.2, 0.25) is 0 Å². The van der Waals surface area contributed by atoms with Gasteiger partial charge in [-0.05, 0) is 29.7 Å². The van der Waals surface area contributed by atoms with Crippen LogP contribution in [-0.4, -0.2) is 50.8 Å². The molecule has 0 aliphatic carbocycles. The van der Waals surface area contributed by atoms with Crippen molar-refractivity contribution in [3.63, 3.8) is 0 Å². The molecule has 2 amide bonds. The number of amides is 2. The lowest BCUT2D eigenvalue weighted by molar-refractivity contribution is -0.137. The van der Waals surface area contributed by atoms with Crippen LogP contribution in [0.5, 0.6) is 0 Å². The predicted molar refractivity (Wildman–Crippen MR) is 112 cm³/mol. The maximum absolute atomic E-state index is 13.2. The Morgan fingerprint density at radius 2 is 1.83 bits per heavy atom. The number of hydrogen-bond donors (Lipinski definition) is 0. The number of carbonyl (C=O) groups excluding carboxylic acids is 2. The minimum Gasteiger partial charge on any atom is -0.447 e. The van der Waals surface area contributed by atoms with Crippen molar-refractivity contribution in [3.05, 3.63) is 65.7 Å². The van der Waals surface area contributed by atoms with E-state index >= 15 is 0 Å². The van der Waals surface area contributed by atoms with Gasteiger partial charge in [-0.15, -0.1) is 0 Å². The van der Waals surface area contributed by atoms with E-state index in [-0.39, 0.29) is 18.6 Å². The number of carbonyl (C=O) groups is 2. The van der Waals surface area contributed by atoms with Crippen LogP contribution in [0.3, 0.4) is 0 Å². The van der Waals surface area contributed by atoms with Gasteiger partial charge < -0.3 is 14.4 Å². The third kappa shape index (κ3) is 4.59. The average Bonchev–Trinajstić information content (AvgIpc) is 3.09. The first kappa shape index (κ1) is 20.9. The molecule has 1 aliphatic heterocycles. The summed E-state index contributed by atoms with van der Waals surface area (Å²) in [6.07, 6.45) is -0.467. The molecule has 1 saturated heterocycles. The van der Waals surface area contributed by atoms with Crippen molar-refractivity contribution in [2.24, 2.45) is 5.92 Å². The number of ether oxygens (including phenoxy) is 2. The summed E-state index contributed by atoms with van der Waals surface area (Å²) in [5.74, 6) is -0.814. The van der Waals surface area contributed by atoms with E-state index in [9.17, 15) is 9.59 Å². The zero-order chi connectivity index (χ0) is 21.0. The molecule has 0 aromatic heterocycles. The van der Waals surface area contributed by atoms with Gasteiger partial charge >= 0.3 is 6.09 Å². The average molecular weight is 396 g/mol. The van der Waals surface area contributed by atoms with Crippen molar-refractivity contribution in [2.75, 3.05) is 32.7 Å². The van der Waals surface area contributed by atoms with Gasteiger partial charge in [-0.3, -0.25) is 4.79 Å². The molecule has 6 heteroatoms. The Morgan fingerprint density at radius 3 is 2.41 bits per heavy atom. The van der Waals surface area contributed by atoms with E-state index in [1.807, 2.05) is 73.6 Å². The lowest BCUT2D eigenvalue weighted by Gasteiger charge is -2.28. The second kappa shape index (κ2) is 9.09. The van der Waals surface area contributed by atoms with Gasteiger partial charge in [0.05, 0.1) is 18.1 Å². The SMILES string of the molecule is CO[C@@H](c1ccc(N(C)C)cc1)[C@H](C)C(=O)N1C(=O)OC[C@@H]1Cc1ccccc1. The molecule has 2 aromatic carbocycles. The normalized spacial score (nSPS) is 18.3. The van der Waals surface area contributed by atoms with Crippen LogP contribution in [0.25, 0.3) is 0 Å². The molecule has 154 valence electrons. The molecule has 1 fully saturated rings. The van der Waals surface area contributed by atoms with Crippen molar-refractivity contribution in [1.82, 2.24) is 4.90 Å². The van der Waals surface area contributed by atoms with Gasteiger partial charge in [-0.1, -0.05) is 49.4 Å². The molecule has 3 atom stereocenters. The first-order chi connectivity index (χ1) is 13.9. The standard InChI is InChI=1S/C23H28N2O4/c1-16(21(28-4)18-10-12-19(13-11-18)24(2)3)22(26)25-20(15-29-23(25)27)14-17-8-6-5-7-9-17/h5-13,16,20-21H,14-15H2,1-4H3/t16-,20-,21+/m0/s1. The third-order valence-corrected chi connectivity index (χ3v) is 5.35. The fraction of sp³-hybridized carbons (Fsp3) is 0.391. The van der Waals surface area contributed by atoms with Gasteiger partial charge in [-0.25, -0.2) is 9.69 Å². The molecule has 0 spiro atoms. The van der Waals surface area contributed by atoms with E-state index in [1.54, 1.807) is 14.0 Å². The molecule has 0 radical (unpaired) electrons. The Kier molecular flexibility index (Phi) is 6.54. The highest BCUT2D eigenvalue weighted by atomic mass is 16.6. The van der Waals surface area contributed by atoms with Crippen molar-refractivity contribution in [2.45, 2.75) is 25.5 Å². The van der Waals surface area contributed by atoms with Crippen molar-refractivity contribution in [1.29, 1.82) is 0 Å². The van der Waals surface area contributed by atoms with Crippen LogP contribution in [0.15, 0.2) is 54.6 Å². The number of rotatable bonds is 7. The Morgan fingerprint density at radius 1 is 1.17 bits per heavy atom. The Balaban J connectivity index is 1.77. The summed E-state index contributed by atoms with van der Waals surface area (Å²) in [6.45, 7) is 2.00. The number of methoxy groups -OCH3 is 1. The topological polar surface area (TPSA) is 59.1 Å². The van der Waals surface area contributed by atoms with Crippen LogP contribution in [-0.2, 0) is 20.7 Å². The summed E-state index contributed by atoms with van der Waals surface area (Å²) in [5.41, 5.74) is 3.02. The van der Waals surface area contributed by atoms with Crippen LogP contribution in [0, 0.1) is 5.92 Å². The maximum Gasteiger partial charge on any atom is 0.416 e. The Labute approximate surface area is 172 Å². The summed E-state index contributed by atoms with van der Waals surface area (Å²) in [6, 6.07) is 17.4. The van der Waals surface area contributed by atoms with E-state index in [1.165, 1.54) is 4.90 Å². The highest BCUT2D eigenvalue weighted by molar-refractivity contribution is 5.95. The minimum absolute atomic E-state index is 0.210. The van der Waals surface area contributed by atoms with E-state index in [0.717, 1.165) is 16.8 Å². The molecule has 0 saturated carbocycles. The number of nitrogens with zero attached hydrogens (tertiary/aromatic N) is 2. The van der Waals surface area contributed by atoms with Crippen molar-refractivity contribution in [3.8, 4) is 0 Å². The second-order valence-corrected chi connectivity index (χ2v) is 7.56. The van der Waals surface area contributed by atoms with E-state index in [4.69, 9.17) is 9.47 Å². The molecule has 2 aromatic rings. The lowest BCUT2D eigenvalue weighted by Crippen LogP contribution is -2.44. The molecule has 1 heterocycles. The van der Waals surface area contributed by atoms with Crippen LogP contribution in [0.4, 0.5) is 10.5 Å². The molecule has 6 nitrogen and oxygen atoms in total. The van der Waals surface area contributed by atoms with Gasteiger partial charge in [-0.2, -0.15) is 0 Å². The van der Waals surface area contributed by atoms with E-state index in [0.29, 0.717) is 6.42 Å². The lowest BCUT2D eigenvalue weighted by atomic mass is 9.94. The first-order valence-corrected chi connectivity index (χ1v) is 9.76. The minimum atomic E-state index is -0.583. The first-order valence-electron chi connectivity index (χ1n) is 9.76. The molecule has 1 aliphatic rings. The number of imide groups is 1. The number of anilines is 1. The largest absolute Gasteiger partial charge is 0.447 e. The Hall–Kier alpha value is -2.86. The maximum atomic E-state index is 13.2. The molecule has 3 rings (SSSR count). The number of benzene rings is 2. The van der Waals surface area contributed by atoms with Gasteiger partial charge in [0.25, 0.3) is 0 Å². The number of cyclic esters (lactones) is 1. The molecule has 0 unspecified atom stereocenters. The zero-order valence-corrected chi connectivity index (χ0v) is 17.4.